The maximum absolute atomic E-state index is 13.3. The number of carbonyl (C=O) groups is 1. The molecule has 35 heavy (non-hydrogen) atoms. The van der Waals surface area contributed by atoms with E-state index in [1.807, 2.05) is 61.5 Å². The molecule has 0 unspecified atom stereocenters. The summed E-state index contributed by atoms with van der Waals surface area (Å²) in [5, 5.41) is 9.07. The topological polar surface area (TPSA) is 79.9 Å². The highest BCUT2D eigenvalue weighted by Gasteiger charge is 2.34. The van der Waals surface area contributed by atoms with Crippen LogP contribution in [0, 0.1) is 0 Å². The van der Waals surface area contributed by atoms with E-state index in [2.05, 4.69) is 10.2 Å². The molecule has 0 spiro atoms. The van der Waals surface area contributed by atoms with Gasteiger partial charge in [-0.05, 0) is 65.4 Å². The van der Waals surface area contributed by atoms with Crippen molar-refractivity contribution in [3.05, 3.63) is 82.7 Å². The molecule has 1 fully saturated rings. The van der Waals surface area contributed by atoms with Crippen molar-refractivity contribution in [1.82, 2.24) is 4.90 Å². The third-order valence-corrected chi connectivity index (χ3v) is 6.24. The first kappa shape index (κ1) is 24.2. The smallest absolute Gasteiger partial charge is 0.267 e. The van der Waals surface area contributed by atoms with Gasteiger partial charge in [-0.25, -0.2) is 0 Å². The minimum atomic E-state index is -0.175. The van der Waals surface area contributed by atoms with Crippen LogP contribution in [0.5, 0.6) is 11.5 Å². The van der Waals surface area contributed by atoms with Gasteiger partial charge < -0.3 is 18.8 Å². The van der Waals surface area contributed by atoms with E-state index in [9.17, 15) is 4.79 Å². The second-order valence-corrected chi connectivity index (χ2v) is 8.82. The first-order valence-corrected chi connectivity index (χ1v) is 11.6. The quantitative estimate of drug-likeness (QED) is 0.255. The molecule has 0 N–H and O–H groups in total. The lowest BCUT2D eigenvalue weighted by Crippen LogP contribution is -2.28. The number of thioether (sulfide) groups is 1. The molecule has 1 saturated heterocycles. The number of amides is 1. The van der Waals surface area contributed by atoms with Crippen molar-refractivity contribution < 1.29 is 18.7 Å². The summed E-state index contributed by atoms with van der Waals surface area (Å²) in [6.45, 7) is 0.258. The molecule has 1 aliphatic rings. The lowest BCUT2D eigenvalue weighted by molar-refractivity contribution is -0.122. The normalized spacial score (nSPS) is 16.0. The van der Waals surface area contributed by atoms with Crippen LogP contribution in [0.3, 0.4) is 0 Å². The van der Waals surface area contributed by atoms with Gasteiger partial charge in [0.1, 0.15) is 5.76 Å². The molecule has 0 bridgehead atoms. The molecule has 0 radical (unpaired) electrons. The SMILES string of the molecule is COc1ccc(/C=C2\S/C(=N\N=C\c3ccc(N(C)C)cc3)N(Cc3ccco3)C2=O)cc1OC. The summed E-state index contributed by atoms with van der Waals surface area (Å²) >= 11 is 1.26. The lowest BCUT2D eigenvalue weighted by Gasteiger charge is -2.12. The van der Waals surface area contributed by atoms with Gasteiger partial charge in [0.2, 0.25) is 0 Å². The maximum Gasteiger partial charge on any atom is 0.267 e. The van der Waals surface area contributed by atoms with Gasteiger partial charge >= 0.3 is 0 Å². The Hall–Kier alpha value is -3.98. The molecule has 2 heterocycles. The fourth-order valence-corrected chi connectivity index (χ4v) is 4.31. The van der Waals surface area contributed by atoms with Crippen LogP contribution in [0.25, 0.3) is 6.08 Å². The van der Waals surface area contributed by atoms with E-state index in [1.54, 1.807) is 49.8 Å². The van der Waals surface area contributed by atoms with Gasteiger partial charge in [-0.1, -0.05) is 18.2 Å². The van der Waals surface area contributed by atoms with Crippen LogP contribution in [-0.4, -0.2) is 50.5 Å². The van der Waals surface area contributed by atoms with E-state index in [-0.39, 0.29) is 12.5 Å². The lowest BCUT2D eigenvalue weighted by atomic mass is 10.2. The Balaban J connectivity index is 1.60. The number of amidine groups is 1. The largest absolute Gasteiger partial charge is 0.493 e. The molecule has 0 atom stereocenters. The first-order valence-electron chi connectivity index (χ1n) is 10.8. The highest BCUT2D eigenvalue weighted by Crippen LogP contribution is 2.35. The van der Waals surface area contributed by atoms with Crippen molar-refractivity contribution in [2.24, 2.45) is 10.2 Å². The standard InChI is InChI=1S/C26H26N4O4S/c1-29(2)20-10-7-18(8-11-20)16-27-28-26-30(17-21-6-5-13-34-21)25(31)24(35-26)15-19-9-12-22(32-3)23(14-19)33-4/h5-16H,17H2,1-4H3/b24-15-,27-16+,28-26-. The molecule has 1 aromatic heterocycles. The van der Waals surface area contributed by atoms with Crippen LogP contribution in [-0.2, 0) is 11.3 Å². The van der Waals surface area contributed by atoms with Crippen molar-refractivity contribution in [2.45, 2.75) is 6.54 Å². The number of furan rings is 1. The molecule has 0 saturated carbocycles. The van der Waals surface area contributed by atoms with E-state index < -0.39 is 0 Å². The second kappa shape index (κ2) is 11.0. The Morgan fingerprint density at radius 2 is 1.77 bits per heavy atom. The van der Waals surface area contributed by atoms with Crippen molar-refractivity contribution in [1.29, 1.82) is 0 Å². The van der Waals surface area contributed by atoms with Gasteiger partial charge in [0.25, 0.3) is 5.91 Å². The van der Waals surface area contributed by atoms with Gasteiger partial charge in [0, 0.05) is 19.8 Å². The summed E-state index contributed by atoms with van der Waals surface area (Å²) in [5.74, 6) is 1.69. The Morgan fingerprint density at radius 3 is 2.43 bits per heavy atom. The molecule has 180 valence electrons. The fraction of sp³-hybridized carbons (Fsp3) is 0.192. The molecule has 3 aromatic rings. The third kappa shape index (κ3) is 5.75. The number of hydrogen-bond donors (Lipinski definition) is 0. The summed E-state index contributed by atoms with van der Waals surface area (Å²) in [4.78, 5) is 17.4. The van der Waals surface area contributed by atoms with E-state index in [4.69, 9.17) is 13.9 Å². The number of rotatable bonds is 8. The number of ether oxygens (including phenoxy) is 2. The zero-order valence-corrected chi connectivity index (χ0v) is 20.8. The van der Waals surface area contributed by atoms with Gasteiger partial charge in [-0.2, -0.15) is 5.10 Å². The Bertz CT molecular complexity index is 1270. The molecular weight excluding hydrogens is 464 g/mol. The maximum atomic E-state index is 13.3. The summed E-state index contributed by atoms with van der Waals surface area (Å²) in [7, 11) is 7.14. The van der Waals surface area contributed by atoms with E-state index in [1.165, 1.54) is 11.8 Å². The molecular formula is C26H26N4O4S. The van der Waals surface area contributed by atoms with E-state index in [0.717, 1.165) is 16.8 Å². The number of nitrogens with zero attached hydrogens (tertiary/aromatic N) is 4. The summed E-state index contributed by atoms with van der Waals surface area (Å²) in [6, 6.07) is 17.0. The van der Waals surface area contributed by atoms with Crippen molar-refractivity contribution in [3.8, 4) is 11.5 Å². The first-order chi connectivity index (χ1) is 17.0. The second-order valence-electron chi connectivity index (χ2n) is 7.81. The third-order valence-electron chi connectivity index (χ3n) is 5.25. The Morgan fingerprint density at radius 1 is 1.03 bits per heavy atom. The van der Waals surface area contributed by atoms with Gasteiger partial charge in [-0.15, -0.1) is 5.10 Å². The zero-order valence-electron chi connectivity index (χ0n) is 20.0. The van der Waals surface area contributed by atoms with Crippen LogP contribution < -0.4 is 14.4 Å². The van der Waals surface area contributed by atoms with Gasteiger partial charge in [-0.3, -0.25) is 9.69 Å². The number of anilines is 1. The average Bonchev–Trinajstić information content (AvgIpc) is 3.48. The molecule has 9 heteroatoms. The van der Waals surface area contributed by atoms with Crippen LogP contribution >= 0.6 is 11.8 Å². The van der Waals surface area contributed by atoms with E-state index in [0.29, 0.717) is 27.3 Å². The van der Waals surface area contributed by atoms with Gasteiger partial charge in [0.15, 0.2) is 16.7 Å². The highest BCUT2D eigenvalue weighted by atomic mass is 32.2. The molecule has 1 aliphatic heterocycles. The van der Waals surface area contributed by atoms with E-state index >= 15 is 0 Å². The highest BCUT2D eigenvalue weighted by molar-refractivity contribution is 8.18. The van der Waals surface area contributed by atoms with Crippen molar-refractivity contribution in [2.75, 3.05) is 33.2 Å². The summed E-state index contributed by atoms with van der Waals surface area (Å²) in [6.07, 6.45) is 5.05. The summed E-state index contributed by atoms with van der Waals surface area (Å²) in [5.41, 5.74) is 2.81. The zero-order chi connectivity index (χ0) is 24.8. The Kier molecular flexibility index (Phi) is 7.57. The van der Waals surface area contributed by atoms with Crippen LogP contribution in [0.1, 0.15) is 16.9 Å². The van der Waals surface area contributed by atoms with Crippen LogP contribution in [0.4, 0.5) is 5.69 Å². The molecule has 1 amide bonds. The van der Waals surface area contributed by atoms with Crippen LogP contribution in [0.15, 0.2) is 80.4 Å². The molecule has 4 rings (SSSR count). The average molecular weight is 491 g/mol. The molecule has 8 nitrogen and oxygen atoms in total. The minimum Gasteiger partial charge on any atom is -0.493 e. The Labute approximate surface area is 208 Å². The summed E-state index contributed by atoms with van der Waals surface area (Å²) < 4.78 is 16.1. The number of carbonyl (C=O) groups excluding carboxylic acids is 1. The van der Waals surface area contributed by atoms with Crippen molar-refractivity contribution in [3.63, 3.8) is 0 Å². The minimum absolute atomic E-state index is 0.175. The predicted octanol–water partition coefficient (Wildman–Crippen LogP) is 4.87. The molecule has 0 aliphatic carbocycles. The monoisotopic (exact) mass is 490 g/mol. The van der Waals surface area contributed by atoms with Crippen molar-refractivity contribution >= 4 is 40.8 Å². The number of benzene rings is 2. The fourth-order valence-electron chi connectivity index (χ4n) is 3.38. The number of hydrogen-bond acceptors (Lipinski definition) is 8. The molecule has 2 aromatic carbocycles. The number of methoxy groups -OCH3 is 2. The van der Waals surface area contributed by atoms with Crippen LogP contribution in [0.2, 0.25) is 0 Å². The van der Waals surface area contributed by atoms with Gasteiger partial charge in [0.05, 0.1) is 38.1 Å². The predicted molar refractivity (Wildman–Crippen MR) is 140 cm³/mol.